The van der Waals surface area contributed by atoms with Crippen LogP contribution >= 0.6 is 0 Å². The van der Waals surface area contributed by atoms with Gasteiger partial charge in [-0.2, -0.15) is 0 Å². The zero-order valence-corrected chi connectivity index (χ0v) is 37.5. The molecular formula is C64H42N5-. The van der Waals surface area contributed by atoms with Crippen molar-refractivity contribution in [1.82, 2.24) is 13.7 Å². The Balaban J connectivity index is 0.967. The molecule has 0 saturated carbocycles. The first-order valence-corrected chi connectivity index (χ1v) is 23.9. The Hall–Kier alpha value is -8.93. The minimum Gasteiger partial charge on any atom is -0.659 e. The summed E-state index contributed by atoms with van der Waals surface area (Å²) in [4.78, 5) is 5.65. The number of allylic oxidation sites excluding steroid dienone is 8. The third-order valence-electron chi connectivity index (χ3n) is 14.9. The van der Waals surface area contributed by atoms with Crippen LogP contribution < -0.4 is 0 Å². The molecule has 4 heterocycles. The number of aromatic nitrogens is 3. The summed E-state index contributed by atoms with van der Waals surface area (Å²) >= 11 is 0. The van der Waals surface area contributed by atoms with Crippen molar-refractivity contribution in [1.29, 1.82) is 0 Å². The zero-order valence-electron chi connectivity index (χ0n) is 37.5. The van der Waals surface area contributed by atoms with Crippen LogP contribution in [0.25, 0.3) is 98.6 Å². The first-order valence-electron chi connectivity index (χ1n) is 23.9. The molecule has 2 aliphatic carbocycles. The summed E-state index contributed by atoms with van der Waals surface area (Å²) in [5.74, 6) is 0.491. The third-order valence-corrected chi connectivity index (χ3v) is 14.9. The largest absolute Gasteiger partial charge is 0.659 e. The number of aliphatic imine (C=N–C) groups is 1. The van der Waals surface area contributed by atoms with Crippen LogP contribution in [0.4, 0.5) is 5.69 Å². The van der Waals surface area contributed by atoms with Crippen LogP contribution in [0.2, 0.25) is 0 Å². The summed E-state index contributed by atoms with van der Waals surface area (Å²) in [7, 11) is 0. The molecule has 0 bridgehead atoms. The lowest BCUT2D eigenvalue weighted by molar-refractivity contribution is 0.641. The molecule has 0 amide bonds. The maximum atomic E-state index is 5.65. The molecule has 3 aromatic heterocycles. The summed E-state index contributed by atoms with van der Waals surface area (Å²) in [6.45, 7) is 0. The van der Waals surface area contributed by atoms with Crippen LogP contribution in [0.3, 0.4) is 0 Å². The van der Waals surface area contributed by atoms with Crippen molar-refractivity contribution in [2.45, 2.75) is 6.17 Å². The van der Waals surface area contributed by atoms with Gasteiger partial charge in [0.05, 0.1) is 38.8 Å². The van der Waals surface area contributed by atoms with Gasteiger partial charge in [-0.3, -0.25) is 4.99 Å². The van der Waals surface area contributed by atoms with E-state index < -0.39 is 6.17 Å². The van der Waals surface area contributed by atoms with E-state index in [1.165, 1.54) is 65.3 Å². The second-order valence-electron chi connectivity index (χ2n) is 18.6. The summed E-state index contributed by atoms with van der Waals surface area (Å²) in [5.41, 5.74) is 15.7. The number of nitrogens with zero attached hydrogens (tertiary/aromatic N) is 5. The lowest BCUT2D eigenvalue weighted by Gasteiger charge is -2.41. The van der Waals surface area contributed by atoms with Crippen molar-refractivity contribution in [3.63, 3.8) is 0 Å². The molecule has 2 unspecified atom stereocenters. The maximum Gasteiger partial charge on any atom is 0.0661 e. The SMILES string of the molecule is C1=CC2C=CC=C(C3=NC(c4cccc(-n5c6cc(-n7c8ccccc8c8ccccc87)ccc6c6ccc(-n7c8ccccc8c8ccccc87)cc65)c4)[N-]c4c3ccc3ccccc43)[C@H]2C=C1. The molecule has 5 heteroatoms. The number of benzene rings is 9. The van der Waals surface area contributed by atoms with Gasteiger partial charge in [0, 0.05) is 67.4 Å². The standard InChI is InChI=1S/C64H42N5/c1-3-20-46-40(15-1)17-14-26-54(46)63-55-34-31-41-16-2-4-21-47(41)62(55)65-64(66-63)42-18-13-19-43(37-42)69-60-38-44(67-56-27-9-5-22-48(56)49-23-6-10-28-57(49)67)32-35-52(60)53-36-33-45(39-61(53)69)68-58-29-11-7-24-50(58)51-25-8-12-30-59(51)68/h1-40,46,64H/q-1/t40?,46-,64?/m0/s1. The first-order chi connectivity index (χ1) is 34.2. The van der Waals surface area contributed by atoms with E-state index in [0.717, 1.165) is 56.0 Å². The molecule has 9 aromatic carbocycles. The average Bonchev–Trinajstić information content (AvgIpc) is 4.05. The van der Waals surface area contributed by atoms with E-state index in [2.05, 4.69) is 250 Å². The van der Waals surface area contributed by atoms with Crippen molar-refractivity contribution >= 4 is 87.6 Å². The highest BCUT2D eigenvalue weighted by Crippen LogP contribution is 2.48. The highest BCUT2D eigenvalue weighted by Gasteiger charge is 2.29. The van der Waals surface area contributed by atoms with E-state index in [-0.39, 0.29) is 11.8 Å². The Labute approximate surface area is 398 Å². The summed E-state index contributed by atoms with van der Waals surface area (Å²) < 4.78 is 7.31. The maximum absolute atomic E-state index is 5.65. The number of rotatable bonds is 5. The molecule has 0 saturated heterocycles. The molecule has 1 aliphatic heterocycles. The highest BCUT2D eigenvalue weighted by atomic mass is 15.1. The van der Waals surface area contributed by atoms with Crippen LogP contribution in [0.1, 0.15) is 17.3 Å². The Morgan fingerprint density at radius 3 is 1.52 bits per heavy atom. The van der Waals surface area contributed by atoms with Crippen LogP contribution in [0, 0.1) is 11.8 Å². The van der Waals surface area contributed by atoms with Crippen molar-refractivity contribution in [2.24, 2.45) is 16.8 Å². The zero-order chi connectivity index (χ0) is 45.2. The van der Waals surface area contributed by atoms with Crippen molar-refractivity contribution in [2.75, 3.05) is 0 Å². The molecule has 69 heavy (non-hydrogen) atoms. The van der Waals surface area contributed by atoms with Gasteiger partial charge in [0.1, 0.15) is 0 Å². The van der Waals surface area contributed by atoms with Gasteiger partial charge in [0.15, 0.2) is 0 Å². The molecule has 5 nitrogen and oxygen atoms in total. The van der Waals surface area contributed by atoms with Gasteiger partial charge in [-0.25, -0.2) is 0 Å². The monoisotopic (exact) mass is 880 g/mol. The molecular weight excluding hydrogens is 839 g/mol. The van der Waals surface area contributed by atoms with Crippen LogP contribution in [-0.2, 0) is 0 Å². The number of hydrogen-bond donors (Lipinski definition) is 0. The average molecular weight is 881 g/mol. The van der Waals surface area contributed by atoms with Crippen LogP contribution in [-0.4, -0.2) is 19.4 Å². The van der Waals surface area contributed by atoms with E-state index in [4.69, 9.17) is 10.3 Å². The molecule has 15 rings (SSSR count). The number of hydrogen-bond acceptors (Lipinski definition) is 1. The second kappa shape index (κ2) is 14.8. The highest BCUT2D eigenvalue weighted by molar-refractivity contribution is 6.22. The van der Waals surface area contributed by atoms with E-state index >= 15 is 0 Å². The molecule has 324 valence electrons. The lowest BCUT2D eigenvalue weighted by atomic mass is 9.76. The van der Waals surface area contributed by atoms with Crippen LogP contribution in [0.5, 0.6) is 0 Å². The molecule has 3 aliphatic rings. The third kappa shape index (κ3) is 5.68. The van der Waals surface area contributed by atoms with E-state index in [1.807, 2.05) is 0 Å². The second-order valence-corrected chi connectivity index (χ2v) is 18.6. The fourth-order valence-corrected chi connectivity index (χ4v) is 11.8. The topological polar surface area (TPSA) is 41.2 Å². The van der Waals surface area contributed by atoms with Gasteiger partial charge in [-0.05, 0) is 88.1 Å². The van der Waals surface area contributed by atoms with E-state index in [1.54, 1.807) is 0 Å². The summed E-state index contributed by atoms with van der Waals surface area (Å²) in [5, 5.41) is 15.3. The normalized spacial score (nSPS) is 17.5. The Kier molecular flexibility index (Phi) is 8.19. The number of para-hydroxylation sites is 4. The number of fused-ring (bicyclic) bond motifs is 13. The van der Waals surface area contributed by atoms with Gasteiger partial charge >= 0.3 is 0 Å². The van der Waals surface area contributed by atoms with Gasteiger partial charge < -0.3 is 19.0 Å². The van der Waals surface area contributed by atoms with Gasteiger partial charge in [0.25, 0.3) is 0 Å². The van der Waals surface area contributed by atoms with Crippen molar-refractivity contribution in [3.05, 3.63) is 259 Å². The van der Waals surface area contributed by atoms with Crippen LogP contribution in [0.15, 0.2) is 247 Å². The van der Waals surface area contributed by atoms with Crippen molar-refractivity contribution < 1.29 is 0 Å². The predicted octanol–water partition coefficient (Wildman–Crippen LogP) is 16.5. The van der Waals surface area contributed by atoms with E-state index in [9.17, 15) is 0 Å². The quantitative estimate of drug-likeness (QED) is 0.165. The Bertz CT molecular complexity index is 4040. The molecule has 0 spiro atoms. The van der Waals surface area contributed by atoms with Gasteiger partial charge in [0.2, 0.25) is 0 Å². The summed E-state index contributed by atoms with van der Waals surface area (Å²) in [6, 6.07) is 71.0. The summed E-state index contributed by atoms with van der Waals surface area (Å²) in [6.07, 6.45) is 15.3. The Morgan fingerprint density at radius 2 is 0.899 bits per heavy atom. The van der Waals surface area contributed by atoms with Crippen molar-refractivity contribution in [3.8, 4) is 17.1 Å². The van der Waals surface area contributed by atoms with E-state index in [0.29, 0.717) is 0 Å². The fraction of sp³-hybridized carbons (Fsp3) is 0.0469. The lowest BCUT2D eigenvalue weighted by Crippen LogP contribution is -2.24. The molecule has 0 fully saturated rings. The molecule has 0 N–H and O–H groups in total. The fourth-order valence-electron chi connectivity index (χ4n) is 11.8. The smallest absolute Gasteiger partial charge is 0.0661 e. The van der Waals surface area contributed by atoms with Gasteiger partial charge in [-0.15, -0.1) is 5.69 Å². The van der Waals surface area contributed by atoms with Gasteiger partial charge in [-0.1, -0.05) is 176 Å². The first kappa shape index (κ1) is 38.2. The molecule has 0 radical (unpaired) electrons. The predicted molar refractivity (Wildman–Crippen MR) is 288 cm³/mol. The minimum absolute atomic E-state index is 0.202. The molecule has 12 aromatic rings. The Morgan fingerprint density at radius 1 is 0.391 bits per heavy atom. The molecule has 3 atom stereocenters. The minimum atomic E-state index is -0.457.